The number of hydrogen-bond acceptors (Lipinski definition) is 5. The van der Waals surface area contributed by atoms with Crippen LogP contribution in [0.15, 0.2) is 71.6 Å². The fourth-order valence-corrected chi connectivity index (χ4v) is 3.89. The molecule has 7 nitrogen and oxygen atoms in total. The lowest BCUT2D eigenvalue weighted by atomic mass is 10.2. The first-order valence-electron chi connectivity index (χ1n) is 9.10. The van der Waals surface area contributed by atoms with Gasteiger partial charge in [0.2, 0.25) is 5.91 Å². The van der Waals surface area contributed by atoms with E-state index in [4.69, 9.17) is 9.47 Å². The Labute approximate surface area is 175 Å². The van der Waals surface area contributed by atoms with E-state index in [0.717, 1.165) is 5.56 Å². The van der Waals surface area contributed by atoms with Crippen molar-refractivity contribution in [1.29, 1.82) is 0 Å². The molecule has 0 heterocycles. The highest BCUT2D eigenvalue weighted by atomic mass is 32.2. The van der Waals surface area contributed by atoms with Crippen molar-refractivity contribution in [3.05, 3.63) is 72.3 Å². The van der Waals surface area contributed by atoms with E-state index in [1.165, 1.54) is 32.2 Å². The molecule has 0 saturated carbocycles. The molecule has 0 radical (unpaired) electrons. The summed E-state index contributed by atoms with van der Waals surface area (Å²) >= 11 is 0. The van der Waals surface area contributed by atoms with E-state index in [0.29, 0.717) is 17.2 Å². The molecular formula is C22H22N2O5S. The van der Waals surface area contributed by atoms with Crippen LogP contribution in [0.1, 0.15) is 12.5 Å². The Morgan fingerprint density at radius 1 is 0.900 bits per heavy atom. The van der Waals surface area contributed by atoms with E-state index in [2.05, 4.69) is 10.0 Å². The smallest absolute Gasteiger partial charge is 0.262 e. The van der Waals surface area contributed by atoms with Crippen molar-refractivity contribution in [3.63, 3.8) is 0 Å². The average molecular weight is 426 g/mol. The Morgan fingerprint density at radius 3 is 2.37 bits per heavy atom. The molecule has 3 aromatic carbocycles. The molecule has 3 rings (SSSR count). The minimum atomic E-state index is -3.96. The fourth-order valence-electron chi connectivity index (χ4n) is 2.79. The van der Waals surface area contributed by atoms with E-state index in [9.17, 15) is 13.2 Å². The molecule has 0 aliphatic heterocycles. The zero-order valence-corrected chi connectivity index (χ0v) is 17.6. The number of anilines is 2. The van der Waals surface area contributed by atoms with Crippen LogP contribution in [-0.4, -0.2) is 21.4 Å². The number of hydrogen-bond donors (Lipinski definition) is 2. The van der Waals surface area contributed by atoms with Gasteiger partial charge in [-0.1, -0.05) is 24.3 Å². The summed E-state index contributed by atoms with van der Waals surface area (Å²) in [7, 11) is -2.52. The average Bonchev–Trinajstić information content (AvgIpc) is 2.69. The molecule has 0 fully saturated rings. The Kier molecular flexibility index (Phi) is 6.27. The highest BCUT2D eigenvalue weighted by molar-refractivity contribution is 7.92. The highest BCUT2D eigenvalue weighted by Crippen LogP contribution is 2.33. The van der Waals surface area contributed by atoms with E-state index in [1.54, 1.807) is 30.3 Å². The zero-order chi connectivity index (χ0) is 21.7. The lowest BCUT2D eigenvalue weighted by Gasteiger charge is -2.15. The number of rotatable bonds is 7. The zero-order valence-electron chi connectivity index (χ0n) is 16.8. The van der Waals surface area contributed by atoms with Gasteiger partial charge in [-0.15, -0.1) is 0 Å². The van der Waals surface area contributed by atoms with Gasteiger partial charge < -0.3 is 14.8 Å². The van der Waals surface area contributed by atoms with Gasteiger partial charge in [-0.3, -0.25) is 9.52 Å². The number of benzene rings is 3. The predicted molar refractivity (Wildman–Crippen MR) is 116 cm³/mol. The van der Waals surface area contributed by atoms with Crippen molar-refractivity contribution < 1.29 is 22.7 Å². The van der Waals surface area contributed by atoms with Gasteiger partial charge in [0, 0.05) is 6.92 Å². The van der Waals surface area contributed by atoms with Crippen molar-refractivity contribution in [1.82, 2.24) is 0 Å². The van der Waals surface area contributed by atoms with Gasteiger partial charge in [0.05, 0.1) is 23.4 Å². The van der Waals surface area contributed by atoms with Crippen LogP contribution in [0.4, 0.5) is 11.4 Å². The molecule has 3 aromatic rings. The van der Waals surface area contributed by atoms with Crippen LogP contribution in [0.25, 0.3) is 0 Å². The Hall–Kier alpha value is -3.52. The van der Waals surface area contributed by atoms with Gasteiger partial charge in [-0.25, -0.2) is 8.42 Å². The van der Waals surface area contributed by atoms with E-state index < -0.39 is 10.0 Å². The molecule has 0 bridgehead atoms. The Bertz CT molecular complexity index is 1180. The standard InChI is InChI=1S/C22H22N2O5S/c1-15-7-6-8-17(13-15)29-22-10-5-4-9-19(22)24-30(26,27)18-11-12-21(28-3)20(14-18)23-16(2)25/h4-14,24H,1-3H3,(H,23,25). The second-order valence-corrected chi connectivity index (χ2v) is 8.25. The predicted octanol–water partition coefficient (Wildman–Crippen LogP) is 4.56. The van der Waals surface area contributed by atoms with Crippen LogP contribution >= 0.6 is 0 Å². The number of sulfonamides is 1. The summed E-state index contributed by atoms with van der Waals surface area (Å²) in [5.41, 5.74) is 1.57. The molecule has 0 aliphatic rings. The van der Waals surface area contributed by atoms with Gasteiger partial charge in [0.25, 0.3) is 10.0 Å². The number of aryl methyl sites for hydroxylation is 1. The molecule has 0 unspecified atom stereocenters. The number of carbonyl (C=O) groups is 1. The molecule has 8 heteroatoms. The Balaban J connectivity index is 1.92. The summed E-state index contributed by atoms with van der Waals surface area (Å²) < 4.78 is 39.6. The lowest BCUT2D eigenvalue weighted by molar-refractivity contribution is -0.114. The largest absolute Gasteiger partial charge is 0.495 e. The van der Waals surface area contributed by atoms with Crippen molar-refractivity contribution in [2.24, 2.45) is 0 Å². The Morgan fingerprint density at radius 2 is 1.67 bits per heavy atom. The third-order valence-electron chi connectivity index (χ3n) is 4.14. The molecule has 1 amide bonds. The maximum Gasteiger partial charge on any atom is 0.262 e. The molecule has 0 atom stereocenters. The first kappa shape index (κ1) is 21.2. The van der Waals surface area contributed by atoms with Gasteiger partial charge in [-0.05, 0) is 55.0 Å². The summed E-state index contributed by atoms with van der Waals surface area (Å²) in [6.07, 6.45) is 0. The van der Waals surface area contributed by atoms with Crippen molar-refractivity contribution in [3.8, 4) is 17.2 Å². The second kappa shape index (κ2) is 8.87. The molecule has 156 valence electrons. The minimum absolute atomic E-state index is 0.0302. The quantitative estimate of drug-likeness (QED) is 0.578. The highest BCUT2D eigenvalue weighted by Gasteiger charge is 2.19. The number of methoxy groups -OCH3 is 1. The maximum atomic E-state index is 13.0. The normalized spacial score (nSPS) is 10.9. The SMILES string of the molecule is COc1ccc(S(=O)(=O)Nc2ccccc2Oc2cccc(C)c2)cc1NC(C)=O. The van der Waals surface area contributed by atoms with E-state index >= 15 is 0 Å². The molecule has 2 N–H and O–H groups in total. The van der Waals surface area contributed by atoms with Crippen LogP contribution in [0.3, 0.4) is 0 Å². The van der Waals surface area contributed by atoms with Gasteiger partial charge in [-0.2, -0.15) is 0 Å². The van der Waals surface area contributed by atoms with Crippen LogP contribution in [0.5, 0.6) is 17.2 Å². The third kappa shape index (κ3) is 5.09. The topological polar surface area (TPSA) is 93.7 Å². The molecule has 0 spiro atoms. The second-order valence-electron chi connectivity index (χ2n) is 6.56. The molecule has 30 heavy (non-hydrogen) atoms. The number of para-hydroxylation sites is 2. The van der Waals surface area contributed by atoms with Gasteiger partial charge in [0.15, 0.2) is 5.75 Å². The first-order valence-corrected chi connectivity index (χ1v) is 10.6. The summed E-state index contributed by atoms with van der Waals surface area (Å²) in [6.45, 7) is 3.27. The summed E-state index contributed by atoms with van der Waals surface area (Å²) in [4.78, 5) is 11.4. The summed E-state index contributed by atoms with van der Waals surface area (Å²) in [6, 6.07) is 18.4. The molecule has 0 aliphatic carbocycles. The van der Waals surface area contributed by atoms with Crippen molar-refractivity contribution in [2.75, 3.05) is 17.1 Å². The number of nitrogens with one attached hydrogen (secondary N) is 2. The molecular weight excluding hydrogens is 404 g/mol. The maximum absolute atomic E-state index is 13.0. The summed E-state index contributed by atoms with van der Waals surface area (Å²) in [5, 5.41) is 2.57. The monoisotopic (exact) mass is 426 g/mol. The van der Waals surface area contributed by atoms with Gasteiger partial charge >= 0.3 is 0 Å². The van der Waals surface area contributed by atoms with Crippen LogP contribution in [0, 0.1) is 6.92 Å². The summed E-state index contributed by atoms with van der Waals surface area (Å²) in [5.74, 6) is 0.973. The van der Waals surface area contributed by atoms with Gasteiger partial charge in [0.1, 0.15) is 11.5 Å². The lowest BCUT2D eigenvalue weighted by Crippen LogP contribution is -2.15. The number of carbonyl (C=O) groups excluding carboxylic acids is 1. The van der Waals surface area contributed by atoms with Crippen LogP contribution in [-0.2, 0) is 14.8 Å². The van der Waals surface area contributed by atoms with Crippen molar-refractivity contribution in [2.45, 2.75) is 18.7 Å². The third-order valence-corrected chi connectivity index (χ3v) is 5.50. The van der Waals surface area contributed by atoms with Crippen molar-refractivity contribution >= 4 is 27.3 Å². The van der Waals surface area contributed by atoms with Crippen LogP contribution < -0.4 is 19.5 Å². The number of amides is 1. The van der Waals surface area contributed by atoms with E-state index in [-0.39, 0.29) is 22.2 Å². The van der Waals surface area contributed by atoms with E-state index in [1.807, 2.05) is 25.1 Å². The fraction of sp³-hybridized carbons (Fsp3) is 0.136. The first-order chi connectivity index (χ1) is 14.3. The number of ether oxygens (including phenoxy) is 2. The minimum Gasteiger partial charge on any atom is -0.495 e. The molecule has 0 aromatic heterocycles. The molecule has 0 saturated heterocycles. The van der Waals surface area contributed by atoms with Crippen LogP contribution in [0.2, 0.25) is 0 Å².